The number of hydrogen-bond donors (Lipinski definition) is 1. The summed E-state index contributed by atoms with van der Waals surface area (Å²) in [6.45, 7) is 1.87. The fourth-order valence-corrected chi connectivity index (χ4v) is 1.88. The van der Waals surface area contributed by atoms with E-state index in [0.29, 0.717) is 29.4 Å². The van der Waals surface area contributed by atoms with Gasteiger partial charge in [0.1, 0.15) is 18.1 Å². The predicted molar refractivity (Wildman–Crippen MR) is 78.2 cm³/mol. The van der Waals surface area contributed by atoms with Gasteiger partial charge in [-0.05, 0) is 25.1 Å². The Bertz CT molecular complexity index is 623. The van der Waals surface area contributed by atoms with Crippen molar-refractivity contribution in [3.8, 4) is 11.5 Å². The number of nitrogens with two attached hydrogens (primary N) is 1. The number of rotatable bonds is 5. The van der Waals surface area contributed by atoms with Crippen molar-refractivity contribution >= 4 is 11.5 Å². The highest BCUT2D eigenvalue weighted by Gasteiger charge is 2.09. The van der Waals surface area contributed by atoms with Crippen LogP contribution in [0.1, 0.15) is 22.8 Å². The second kappa shape index (κ2) is 6.10. The molecule has 0 amide bonds. The first-order chi connectivity index (χ1) is 9.61. The maximum Gasteiger partial charge on any atom is 0.163 e. The first kappa shape index (κ1) is 13.9. The molecular weight excluding hydrogens is 254 g/mol. The number of Topliss-reactive ketones (excluding diaryl/α,β-unsaturated/α-hetero) is 1. The van der Waals surface area contributed by atoms with Crippen molar-refractivity contribution in [3.05, 3.63) is 53.6 Å². The number of anilines is 1. The number of hydrogen-bond acceptors (Lipinski definition) is 4. The minimum absolute atomic E-state index is 0.0410. The van der Waals surface area contributed by atoms with Crippen molar-refractivity contribution in [2.24, 2.45) is 0 Å². The fourth-order valence-electron chi connectivity index (χ4n) is 1.88. The highest BCUT2D eigenvalue weighted by atomic mass is 16.5. The summed E-state index contributed by atoms with van der Waals surface area (Å²) in [6, 6.07) is 12.7. The van der Waals surface area contributed by atoms with E-state index in [1.165, 1.54) is 14.0 Å². The van der Waals surface area contributed by atoms with E-state index in [-0.39, 0.29) is 5.78 Å². The van der Waals surface area contributed by atoms with Crippen molar-refractivity contribution in [1.29, 1.82) is 0 Å². The molecule has 0 atom stereocenters. The maximum atomic E-state index is 11.4. The van der Waals surface area contributed by atoms with E-state index in [1.54, 1.807) is 18.2 Å². The number of carbonyl (C=O) groups excluding carboxylic acids is 1. The molecule has 2 aromatic rings. The van der Waals surface area contributed by atoms with Crippen LogP contribution in [0.5, 0.6) is 11.5 Å². The Labute approximate surface area is 118 Å². The lowest BCUT2D eigenvalue weighted by Crippen LogP contribution is -2.01. The lowest BCUT2D eigenvalue weighted by molar-refractivity contribution is 0.101. The van der Waals surface area contributed by atoms with Gasteiger partial charge in [-0.25, -0.2) is 0 Å². The molecule has 104 valence electrons. The third-order valence-corrected chi connectivity index (χ3v) is 3.00. The zero-order valence-electron chi connectivity index (χ0n) is 11.6. The molecule has 20 heavy (non-hydrogen) atoms. The van der Waals surface area contributed by atoms with Gasteiger partial charge in [-0.1, -0.05) is 18.2 Å². The van der Waals surface area contributed by atoms with Gasteiger partial charge in [0.15, 0.2) is 5.78 Å². The zero-order valence-corrected chi connectivity index (χ0v) is 11.6. The second-order valence-corrected chi connectivity index (χ2v) is 4.41. The van der Waals surface area contributed by atoms with Crippen LogP contribution < -0.4 is 15.2 Å². The molecule has 4 heteroatoms. The van der Waals surface area contributed by atoms with Crippen LogP contribution in [0, 0.1) is 0 Å². The number of benzene rings is 2. The van der Waals surface area contributed by atoms with Crippen LogP contribution in [0.3, 0.4) is 0 Å². The van der Waals surface area contributed by atoms with Gasteiger partial charge >= 0.3 is 0 Å². The van der Waals surface area contributed by atoms with Gasteiger partial charge in [-0.15, -0.1) is 0 Å². The zero-order chi connectivity index (χ0) is 14.5. The summed E-state index contributed by atoms with van der Waals surface area (Å²) in [4.78, 5) is 11.4. The summed E-state index contributed by atoms with van der Waals surface area (Å²) >= 11 is 0. The second-order valence-electron chi connectivity index (χ2n) is 4.41. The summed E-state index contributed by atoms with van der Waals surface area (Å²) in [5.41, 5.74) is 8.01. The Hall–Kier alpha value is -2.49. The average molecular weight is 271 g/mol. The van der Waals surface area contributed by atoms with Gasteiger partial charge in [-0.3, -0.25) is 4.79 Å². The Kier molecular flexibility index (Phi) is 4.25. The first-order valence-corrected chi connectivity index (χ1v) is 6.27. The quantitative estimate of drug-likeness (QED) is 0.670. The molecule has 2 aromatic carbocycles. The van der Waals surface area contributed by atoms with Crippen LogP contribution in [0.2, 0.25) is 0 Å². The highest BCUT2D eigenvalue weighted by molar-refractivity contribution is 5.97. The molecule has 0 saturated carbocycles. The Balaban J connectivity index is 2.15. The summed E-state index contributed by atoms with van der Waals surface area (Å²) in [7, 11) is 1.53. The molecule has 0 saturated heterocycles. The van der Waals surface area contributed by atoms with Gasteiger partial charge in [0.25, 0.3) is 0 Å². The Morgan fingerprint density at radius 2 is 1.95 bits per heavy atom. The fraction of sp³-hybridized carbons (Fsp3) is 0.188. The molecule has 0 bridgehead atoms. The number of ketones is 1. The van der Waals surface area contributed by atoms with E-state index in [9.17, 15) is 4.79 Å². The van der Waals surface area contributed by atoms with Gasteiger partial charge in [0, 0.05) is 17.3 Å². The standard InChI is InChI=1S/C16H17NO3/c1-11(18)14-8-7-13(9-16(14)19-2)20-10-12-5-3-4-6-15(12)17/h3-9H,10,17H2,1-2H3. The molecule has 0 aliphatic rings. The third kappa shape index (κ3) is 3.09. The Morgan fingerprint density at radius 3 is 2.60 bits per heavy atom. The molecule has 0 radical (unpaired) electrons. The average Bonchev–Trinajstić information content (AvgIpc) is 2.46. The minimum atomic E-state index is -0.0410. The SMILES string of the molecule is COc1cc(OCc2ccccc2N)ccc1C(C)=O. The molecule has 4 nitrogen and oxygen atoms in total. The molecule has 0 spiro atoms. The van der Waals surface area contributed by atoms with Crippen LogP contribution in [-0.2, 0) is 6.61 Å². The van der Waals surface area contributed by atoms with Crippen molar-refractivity contribution < 1.29 is 14.3 Å². The molecule has 2 N–H and O–H groups in total. The van der Waals surface area contributed by atoms with Gasteiger partial charge in [0.05, 0.1) is 12.7 Å². The van der Waals surface area contributed by atoms with Gasteiger partial charge in [-0.2, -0.15) is 0 Å². The van der Waals surface area contributed by atoms with E-state index in [0.717, 1.165) is 5.56 Å². The van der Waals surface area contributed by atoms with Crippen LogP contribution in [0.15, 0.2) is 42.5 Å². The van der Waals surface area contributed by atoms with E-state index < -0.39 is 0 Å². The number of methoxy groups -OCH3 is 1. The van der Waals surface area contributed by atoms with Crippen molar-refractivity contribution in [1.82, 2.24) is 0 Å². The monoisotopic (exact) mass is 271 g/mol. The van der Waals surface area contributed by atoms with E-state index in [2.05, 4.69) is 0 Å². The largest absolute Gasteiger partial charge is 0.496 e. The Morgan fingerprint density at radius 1 is 1.20 bits per heavy atom. The van der Waals surface area contributed by atoms with Crippen LogP contribution in [0.4, 0.5) is 5.69 Å². The number of para-hydroxylation sites is 1. The summed E-state index contributed by atoms with van der Waals surface area (Å²) in [5.74, 6) is 1.10. The topological polar surface area (TPSA) is 61.6 Å². The van der Waals surface area contributed by atoms with E-state index in [4.69, 9.17) is 15.2 Å². The molecule has 0 aliphatic carbocycles. The van der Waals surface area contributed by atoms with Crippen molar-refractivity contribution in [2.75, 3.05) is 12.8 Å². The smallest absolute Gasteiger partial charge is 0.163 e. The number of ether oxygens (including phenoxy) is 2. The minimum Gasteiger partial charge on any atom is -0.496 e. The lowest BCUT2D eigenvalue weighted by atomic mass is 10.1. The maximum absolute atomic E-state index is 11.4. The molecule has 0 fully saturated rings. The third-order valence-electron chi connectivity index (χ3n) is 3.00. The molecule has 0 aromatic heterocycles. The summed E-state index contributed by atoms with van der Waals surface area (Å²) < 4.78 is 10.9. The van der Waals surface area contributed by atoms with Crippen molar-refractivity contribution in [3.63, 3.8) is 0 Å². The predicted octanol–water partition coefficient (Wildman–Crippen LogP) is 3.06. The van der Waals surface area contributed by atoms with Crippen LogP contribution >= 0.6 is 0 Å². The highest BCUT2D eigenvalue weighted by Crippen LogP contribution is 2.26. The molecule has 0 aliphatic heterocycles. The van der Waals surface area contributed by atoms with Crippen LogP contribution in [0.25, 0.3) is 0 Å². The summed E-state index contributed by atoms with van der Waals surface area (Å²) in [6.07, 6.45) is 0. The summed E-state index contributed by atoms with van der Waals surface area (Å²) in [5, 5.41) is 0. The van der Waals surface area contributed by atoms with E-state index >= 15 is 0 Å². The van der Waals surface area contributed by atoms with Gasteiger partial charge in [0.2, 0.25) is 0 Å². The van der Waals surface area contributed by atoms with Crippen LogP contribution in [-0.4, -0.2) is 12.9 Å². The van der Waals surface area contributed by atoms with Crippen molar-refractivity contribution in [2.45, 2.75) is 13.5 Å². The molecule has 0 heterocycles. The molecule has 2 rings (SSSR count). The normalized spacial score (nSPS) is 10.1. The number of nitrogen functional groups attached to an aromatic ring is 1. The van der Waals surface area contributed by atoms with E-state index in [1.807, 2.05) is 24.3 Å². The first-order valence-electron chi connectivity index (χ1n) is 6.27. The molecular formula is C16H17NO3. The number of carbonyl (C=O) groups is 1. The van der Waals surface area contributed by atoms with Gasteiger partial charge < -0.3 is 15.2 Å². The lowest BCUT2D eigenvalue weighted by Gasteiger charge is -2.11. The molecule has 0 unspecified atom stereocenters.